The summed E-state index contributed by atoms with van der Waals surface area (Å²) in [5.41, 5.74) is 1.81. The van der Waals surface area contributed by atoms with Gasteiger partial charge in [0.25, 0.3) is 0 Å². The van der Waals surface area contributed by atoms with Crippen LogP contribution in [0.1, 0.15) is 31.4 Å². The van der Waals surface area contributed by atoms with Crippen LogP contribution in [0, 0.1) is 6.92 Å². The molecule has 1 amide bonds. The van der Waals surface area contributed by atoms with Gasteiger partial charge in [-0.15, -0.1) is 0 Å². The number of carboxylic acids is 1. The predicted molar refractivity (Wildman–Crippen MR) is 134 cm³/mol. The molecule has 0 bridgehead atoms. The molecule has 0 spiro atoms. The second-order valence-corrected chi connectivity index (χ2v) is 8.58. The lowest BCUT2D eigenvalue weighted by Gasteiger charge is -2.22. The van der Waals surface area contributed by atoms with Crippen LogP contribution < -0.4 is 9.47 Å². The van der Waals surface area contributed by atoms with Gasteiger partial charge in [0.05, 0.1) is 19.8 Å². The standard InChI is InChI=1S/C27H35F2NO7/c1-4-35-24(25(31)32)19-21-7-11-22(12-8-21)36-18-15-30(14-17-34-16-13-27(3,28)29)26(33)37-23-9-5-20(2)6-10-23/h5-12,24H,4,13-19H2,1-3H3,(H,31,32). The lowest BCUT2D eigenvalue weighted by molar-refractivity contribution is -0.149. The molecule has 0 heterocycles. The number of ether oxygens (including phenoxy) is 4. The number of nitrogens with zero attached hydrogens (tertiary/aromatic N) is 1. The van der Waals surface area contributed by atoms with Gasteiger partial charge in [-0.1, -0.05) is 29.8 Å². The molecule has 0 aliphatic heterocycles. The fourth-order valence-electron chi connectivity index (χ4n) is 3.22. The van der Waals surface area contributed by atoms with E-state index < -0.39 is 30.5 Å². The van der Waals surface area contributed by atoms with E-state index in [1.165, 1.54) is 4.90 Å². The maximum absolute atomic E-state index is 13.0. The Morgan fingerprint density at radius 2 is 1.59 bits per heavy atom. The van der Waals surface area contributed by atoms with Crippen LogP contribution in [-0.4, -0.2) is 73.6 Å². The minimum absolute atomic E-state index is 0.0678. The molecule has 0 aromatic heterocycles. The molecule has 0 aliphatic rings. The number of aliphatic carboxylic acids is 1. The van der Waals surface area contributed by atoms with Gasteiger partial charge >= 0.3 is 12.1 Å². The van der Waals surface area contributed by atoms with Crippen LogP contribution in [-0.2, 0) is 20.7 Å². The molecule has 0 saturated heterocycles. The van der Waals surface area contributed by atoms with E-state index in [9.17, 15) is 23.5 Å². The molecular weight excluding hydrogens is 488 g/mol. The third-order valence-corrected chi connectivity index (χ3v) is 5.29. The van der Waals surface area contributed by atoms with Crippen LogP contribution in [0.4, 0.5) is 13.6 Å². The molecule has 1 unspecified atom stereocenters. The average Bonchev–Trinajstić information content (AvgIpc) is 2.84. The average molecular weight is 524 g/mol. The largest absolute Gasteiger partial charge is 0.492 e. The van der Waals surface area contributed by atoms with Crippen molar-refractivity contribution in [3.05, 3.63) is 59.7 Å². The number of hydrogen-bond acceptors (Lipinski definition) is 6. The fourth-order valence-corrected chi connectivity index (χ4v) is 3.22. The van der Waals surface area contributed by atoms with Gasteiger partial charge in [-0.3, -0.25) is 0 Å². The minimum Gasteiger partial charge on any atom is -0.492 e. The second kappa shape index (κ2) is 15.1. The van der Waals surface area contributed by atoms with E-state index in [0.717, 1.165) is 18.1 Å². The van der Waals surface area contributed by atoms with Gasteiger partial charge in [-0.05, 0) is 50.6 Å². The molecule has 2 rings (SSSR count). The third-order valence-electron chi connectivity index (χ3n) is 5.29. The van der Waals surface area contributed by atoms with Gasteiger partial charge in [0, 0.05) is 26.0 Å². The van der Waals surface area contributed by atoms with Gasteiger partial charge in [0.1, 0.15) is 18.1 Å². The predicted octanol–water partition coefficient (Wildman–Crippen LogP) is 4.97. The number of amides is 1. The number of carboxylic acid groups (broad SMARTS) is 1. The Balaban J connectivity index is 1.90. The summed E-state index contributed by atoms with van der Waals surface area (Å²) in [6.45, 7) is 5.18. The van der Waals surface area contributed by atoms with Crippen molar-refractivity contribution in [2.75, 3.05) is 39.5 Å². The van der Waals surface area contributed by atoms with Crippen molar-refractivity contribution >= 4 is 12.1 Å². The van der Waals surface area contributed by atoms with Crippen molar-refractivity contribution in [3.8, 4) is 11.5 Å². The topological polar surface area (TPSA) is 94.5 Å². The van der Waals surface area contributed by atoms with E-state index >= 15 is 0 Å². The molecule has 0 saturated carbocycles. The van der Waals surface area contributed by atoms with E-state index in [4.69, 9.17) is 18.9 Å². The lowest BCUT2D eigenvalue weighted by atomic mass is 10.1. The van der Waals surface area contributed by atoms with Crippen molar-refractivity contribution in [2.45, 2.75) is 45.6 Å². The molecule has 1 N–H and O–H groups in total. The first kappa shape index (κ1) is 30.0. The molecule has 2 aromatic carbocycles. The quantitative estimate of drug-likeness (QED) is 0.311. The summed E-state index contributed by atoms with van der Waals surface area (Å²) in [5.74, 6) is -2.91. The maximum atomic E-state index is 13.0. The van der Waals surface area contributed by atoms with Crippen LogP contribution >= 0.6 is 0 Å². The van der Waals surface area contributed by atoms with Crippen LogP contribution in [0.15, 0.2) is 48.5 Å². The summed E-state index contributed by atoms with van der Waals surface area (Å²) in [4.78, 5) is 25.4. The fraction of sp³-hybridized carbons (Fsp3) is 0.481. The second-order valence-electron chi connectivity index (χ2n) is 8.58. The molecule has 0 radical (unpaired) electrons. The Bertz CT molecular complexity index is 962. The van der Waals surface area contributed by atoms with Crippen molar-refractivity contribution in [1.82, 2.24) is 4.90 Å². The van der Waals surface area contributed by atoms with Crippen molar-refractivity contribution in [3.63, 3.8) is 0 Å². The van der Waals surface area contributed by atoms with Crippen molar-refractivity contribution in [2.24, 2.45) is 0 Å². The number of aryl methyl sites for hydroxylation is 1. The molecule has 2 aromatic rings. The van der Waals surface area contributed by atoms with Gasteiger partial charge in [-0.25, -0.2) is 18.4 Å². The normalized spacial score (nSPS) is 12.1. The number of hydrogen-bond donors (Lipinski definition) is 1. The number of benzene rings is 2. The maximum Gasteiger partial charge on any atom is 0.415 e. The Kier molecular flexibility index (Phi) is 12.2. The first-order valence-corrected chi connectivity index (χ1v) is 12.1. The summed E-state index contributed by atoms with van der Waals surface area (Å²) in [5, 5.41) is 9.23. The first-order valence-electron chi connectivity index (χ1n) is 12.1. The summed E-state index contributed by atoms with van der Waals surface area (Å²) < 4.78 is 47.6. The Labute approximate surface area is 216 Å². The molecule has 1 atom stereocenters. The van der Waals surface area contributed by atoms with E-state index in [-0.39, 0.29) is 39.3 Å². The molecular formula is C27H35F2NO7. The number of alkyl halides is 2. The summed E-state index contributed by atoms with van der Waals surface area (Å²) in [6.07, 6.45) is -1.71. The van der Waals surface area contributed by atoms with Crippen molar-refractivity contribution < 1.29 is 42.4 Å². The zero-order valence-electron chi connectivity index (χ0n) is 21.5. The summed E-state index contributed by atoms with van der Waals surface area (Å²) in [6, 6.07) is 13.9. The van der Waals surface area contributed by atoms with E-state index in [2.05, 4.69) is 0 Å². The van der Waals surface area contributed by atoms with Gasteiger partial charge < -0.3 is 29.0 Å². The van der Waals surface area contributed by atoms with Crippen molar-refractivity contribution in [1.29, 1.82) is 0 Å². The van der Waals surface area contributed by atoms with E-state index in [0.29, 0.717) is 18.1 Å². The molecule has 204 valence electrons. The highest BCUT2D eigenvalue weighted by Crippen LogP contribution is 2.17. The first-order chi connectivity index (χ1) is 17.6. The van der Waals surface area contributed by atoms with Crippen LogP contribution in [0.5, 0.6) is 11.5 Å². The lowest BCUT2D eigenvalue weighted by Crippen LogP contribution is -2.39. The monoisotopic (exact) mass is 523 g/mol. The highest BCUT2D eigenvalue weighted by molar-refractivity contribution is 5.72. The van der Waals surface area contributed by atoms with Gasteiger partial charge in [0.2, 0.25) is 5.92 Å². The van der Waals surface area contributed by atoms with E-state index in [1.54, 1.807) is 43.3 Å². The van der Waals surface area contributed by atoms with Gasteiger partial charge in [-0.2, -0.15) is 0 Å². The SMILES string of the molecule is CCOC(Cc1ccc(OCCN(CCOCCC(C)(F)F)C(=O)Oc2ccc(C)cc2)cc1)C(=O)O. The highest BCUT2D eigenvalue weighted by atomic mass is 19.3. The minimum atomic E-state index is -2.81. The van der Waals surface area contributed by atoms with Crippen LogP contribution in [0.25, 0.3) is 0 Å². The molecule has 37 heavy (non-hydrogen) atoms. The molecule has 0 fully saturated rings. The zero-order valence-corrected chi connectivity index (χ0v) is 21.5. The van der Waals surface area contributed by atoms with Gasteiger partial charge in [0.15, 0.2) is 6.10 Å². The Morgan fingerprint density at radius 1 is 0.973 bits per heavy atom. The van der Waals surface area contributed by atoms with Crippen LogP contribution in [0.2, 0.25) is 0 Å². The number of carbonyl (C=O) groups is 2. The highest BCUT2D eigenvalue weighted by Gasteiger charge is 2.21. The molecule has 8 nitrogen and oxygen atoms in total. The third kappa shape index (κ3) is 12.0. The Hall–Kier alpha value is -3.24. The molecule has 10 heteroatoms. The summed E-state index contributed by atoms with van der Waals surface area (Å²) in [7, 11) is 0. The van der Waals surface area contributed by atoms with Crippen LogP contribution in [0.3, 0.4) is 0 Å². The number of halogens is 2. The Morgan fingerprint density at radius 3 is 2.19 bits per heavy atom. The molecule has 0 aliphatic carbocycles. The summed E-state index contributed by atoms with van der Waals surface area (Å²) >= 11 is 0. The zero-order chi connectivity index (χ0) is 27.3. The van der Waals surface area contributed by atoms with E-state index in [1.807, 2.05) is 19.1 Å². The number of rotatable bonds is 16. The smallest absolute Gasteiger partial charge is 0.415 e. The number of carbonyl (C=O) groups excluding carboxylic acids is 1.